The molecule has 0 spiro atoms. The van der Waals surface area contributed by atoms with E-state index < -0.39 is 0 Å². The summed E-state index contributed by atoms with van der Waals surface area (Å²) in [6, 6.07) is 9.37. The summed E-state index contributed by atoms with van der Waals surface area (Å²) in [4.78, 5) is 12.2. The van der Waals surface area contributed by atoms with Gasteiger partial charge in [-0.1, -0.05) is 12.1 Å². The molecule has 2 aromatic rings. The number of hydrogen-bond donors (Lipinski definition) is 1. The third kappa shape index (κ3) is 3.65. The molecule has 0 unspecified atom stereocenters. The van der Waals surface area contributed by atoms with Crippen LogP contribution in [0.3, 0.4) is 0 Å². The minimum atomic E-state index is -0.146. The number of carbonyl (C=O) groups is 1. The van der Waals surface area contributed by atoms with E-state index in [1.54, 1.807) is 32.0 Å². The maximum absolute atomic E-state index is 12.2. The van der Waals surface area contributed by atoms with Crippen LogP contribution in [-0.4, -0.2) is 43.1 Å². The number of aryl methyl sites for hydroxylation is 1. The van der Waals surface area contributed by atoms with E-state index in [1.807, 2.05) is 24.3 Å². The van der Waals surface area contributed by atoms with Crippen LogP contribution in [0, 0.1) is 0 Å². The summed E-state index contributed by atoms with van der Waals surface area (Å²) in [6.07, 6.45) is 0.777. The predicted octanol–water partition coefficient (Wildman–Crippen LogP) is 1.86. The van der Waals surface area contributed by atoms with E-state index in [4.69, 9.17) is 9.47 Å². The Labute approximate surface area is 130 Å². The molecule has 0 aliphatic rings. The number of amides is 1. The molecule has 0 aliphatic heterocycles. The van der Waals surface area contributed by atoms with Crippen LogP contribution in [-0.2, 0) is 11.8 Å². The maximum Gasteiger partial charge on any atom is 0.269 e. The molecular formula is C16H21N3O3. The van der Waals surface area contributed by atoms with Gasteiger partial charge in [0.1, 0.15) is 11.4 Å². The summed E-state index contributed by atoms with van der Waals surface area (Å²) >= 11 is 0. The highest BCUT2D eigenvalue weighted by molar-refractivity contribution is 5.93. The van der Waals surface area contributed by atoms with Gasteiger partial charge in [0.05, 0.1) is 12.8 Å². The lowest BCUT2D eigenvalue weighted by Gasteiger charge is -2.04. The number of aromatic nitrogens is 2. The molecule has 1 heterocycles. The molecule has 0 fully saturated rings. The van der Waals surface area contributed by atoms with Gasteiger partial charge in [0.25, 0.3) is 5.91 Å². The summed E-state index contributed by atoms with van der Waals surface area (Å²) in [5.41, 5.74) is 2.08. The molecule has 0 bridgehead atoms. The van der Waals surface area contributed by atoms with E-state index in [9.17, 15) is 4.79 Å². The largest absolute Gasteiger partial charge is 0.496 e. The zero-order valence-electron chi connectivity index (χ0n) is 13.1. The number of nitrogens with zero attached hydrogens (tertiary/aromatic N) is 2. The van der Waals surface area contributed by atoms with Gasteiger partial charge in [-0.05, 0) is 24.6 Å². The highest BCUT2D eigenvalue weighted by atomic mass is 16.5. The quantitative estimate of drug-likeness (QED) is 0.793. The van der Waals surface area contributed by atoms with Crippen molar-refractivity contribution in [2.75, 3.05) is 27.4 Å². The molecule has 1 aromatic heterocycles. The molecule has 6 nitrogen and oxygen atoms in total. The summed E-state index contributed by atoms with van der Waals surface area (Å²) in [7, 11) is 5.01. The van der Waals surface area contributed by atoms with Gasteiger partial charge in [-0.15, -0.1) is 0 Å². The number of ether oxygens (including phenoxy) is 2. The van der Waals surface area contributed by atoms with Crippen molar-refractivity contribution in [3.05, 3.63) is 36.0 Å². The van der Waals surface area contributed by atoms with Gasteiger partial charge < -0.3 is 14.8 Å². The van der Waals surface area contributed by atoms with Gasteiger partial charge in [0.2, 0.25) is 0 Å². The highest BCUT2D eigenvalue weighted by Crippen LogP contribution is 2.28. The van der Waals surface area contributed by atoms with Crippen LogP contribution in [0.5, 0.6) is 5.75 Å². The fourth-order valence-corrected chi connectivity index (χ4v) is 2.18. The van der Waals surface area contributed by atoms with Crippen molar-refractivity contribution in [3.8, 4) is 17.0 Å². The van der Waals surface area contributed by atoms with Crippen molar-refractivity contribution in [2.45, 2.75) is 6.42 Å². The van der Waals surface area contributed by atoms with Crippen LogP contribution in [0.1, 0.15) is 16.9 Å². The Balaban J connectivity index is 2.16. The van der Waals surface area contributed by atoms with E-state index in [1.165, 1.54) is 0 Å². The van der Waals surface area contributed by atoms with Crippen LogP contribution in [0.2, 0.25) is 0 Å². The fourth-order valence-electron chi connectivity index (χ4n) is 2.18. The van der Waals surface area contributed by atoms with Gasteiger partial charge in [-0.2, -0.15) is 5.10 Å². The number of rotatable bonds is 7. The molecular weight excluding hydrogens is 282 g/mol. The number of hydrogen-bond acceptors (Lipinski definition) is 4. The SMILES string of the molecule is COCCCNC(=O)c1cc(-c2ccccc2OC)nn1C. The minimum absolute atomic E-state index is 0.146. The average molecular weight is 303 g/mol. The third-order valence-electron chi connectivity index (χ3n) is 3.31. The molecule has 22 heavy (non-hydrogen) atoms. The van der Waals surface area contributed by atoms with Gasteiger partial charge >= 0.3 is 0 Å². The van der Waals surface area contributed by atoms with Crippen LogP contribution < -0.4 is 10.1 Å². The number of para-hydroxylation sites is 1. The molecule has 1 amide bonds. The maximum atomic E-state index is 12.2. The monoisotopic (exact) mass is 303 g/mol. The Morgan fingerprint density at radius 1 is 1.32 bits per heavy atom. The zero-order valence-corrected chi connectivity index (χ0v) is 13.1. The molecule has 0 aliphatic carbocycles. The van der Waals surface area contributed by atoms with Crippen molar-refractivity contribution < 1.29 is 14.3 Å². The fraction of sp³-hybridized carbons (Fsp3) is 0.375. The summed E-state index contributed by atoms with van der Waals surface area (Å²) < 4.78 is 11.9. The Bertz CT molecular complexity index is 637. The van der Waals surface area contributed by atoms with Crippen molar-refractivity contribution >= 4 is 5.91 Å². The van der Waals surface area contributed by atoms with Gasteiger partial charge in [0, 0.05) is 32.9 Å². The topological polar surface area (TPSA) is 65.4 Å². The molecule has 6 heteroatoms. The average Bonchev–Trinajstić information content (AvgIpc) is 2.93. The Hall–Kier alpha value is -2.34. The normalized spacial score (nSPS) is 10.5. The van der Waals surface area contributed by atoms with Crippen LogP contribution >= 0.6 is 0 Å². The number of carbonyl (C=O) groups excluding carboxylic acids is 1. The first-order chi connectivity index (χ1) is 10.7. The second-order valence-electron chi connectivity index (χ2n) is 4.84. The first-order valence-corrected chi connectivity index (χ1v) is 7.12. The molecule has 1 N–H and O–H groups in total. The van der Waals surface area contributed by atoms with Crippen molar-refractivity contribution in [1.82, 2.24) is 15.1 Å². The highest BCUT2D eigenvalue weighted by Gasteiger charge is 2.15. The van der Waals surface area contributed by atoms with Gasteiger partial charge in [0.15, 0.2) is 0 Å². The molecule has 0 saturated heterocycles. The molecule has 118 valence electrons. The second-order valence-corrected chi connectivity index (χ2v) is 4.84. The van der Waals surface area contributed by atoms with E-state index >= 15 is 0 Å². The van der Waals surface area contributed by atoms with Crippen molar-refractivity contribution in [1.29, 1.82) is 0 Å². The molecule has 1 aromatic carbocycles. The second kappa shape index (κ2) is 7.61. The number of methoxy groups -OCH3 is 2. The van der Waals surface area contributed by atoms with E-state index in [2.05, 4.69) is 10.4 Å². The van der Waals surface area contributed by atoms with Crippen LogP contribution in [0.15, 0.2) is 30.3 Å². The van der Waals surface area contributed by atoms with Gasteiger partial charge in [-0.3, -0.25) is 9.48 Å². The first-order valence-electron chi connectivity index (χ1n) is 7.12. The summed E-state index contributed by atoms with van der Waals surface area (Å²) in [6.45, 7) is 1.19. The zero-order chi connectivity index (χ0) is 15.9. The molecule has 2 rings (SSSR count). The van der Waals surface area contributed by atoms with E-state index in [0.717, 1.165) is 17.7 Å². The predicted molar refractivity (Wildman–Crippen MR) is 84.0 cm³/mol. The van der Waals surface area contributed by atoms with Crippen LogP contribution in [0.4, 0.5) is 0 Å². The Morgan fingerprint density at radius 2 is 2.09 bits per heavy atom. The lowest BCUT2D eigenvalue weighted by atomic mass is 10.1. The smallest absolute Gasteiger partial charge is 0.269 e. The Kier molecular flexibility index (Phi) is 5.55. The third-order valence-corrected chi connectivity index (χ3v) is 3.31. The molecule has 0 atom stereocenters. The van der Waals surface area contributed by atoms with Crippen molar-refractivity contribution in [3.63, 3.8) is 0 Å². The summed E-state index contributed by atoms with van der Waals surface area (Å²) in [5.74, 6) is 0.583. The standard InChI is InChI=1S/C16H21N3O3/c1-19-14(16(20)17-9-6-10-21-2)11-13(18-19)12-7-4-5-8-15(12)22-3/h4-5,7-8,11H,6,9-10H2,1-3H3,(H,17,20). The van der Waals surface area contributed by atoms with Gasteiger partial charge in [-0.25, -0.2) is 0 Å². The lowest BCUT2D eigenvalue weighted by molar-refractivity contribution is 0.0939. The lowest BCUT2D eigenvalue weighted by Crippen LogP contribution is -2.27. The Morgan fingerprint density at radius 3 is 2.82 bits per heavy atom. The summed E-state index contributed by atoms with van der Waals surface area (Å²) in [5, 5.41) is 7.26. The van der Waals surface area contributed by atoms with Crippen molar-refractivity contribution in [2.24, 2.45) is 7.05 Å². The van der Waals surface area contributed by atoms with E-state index in [0.29, 0.717) is 24.5 Å². The molecule has 0 radical (unpaired) electrons. The number of nitrogens with one attached hydrogen (secondary N) is 1. The van der Waals surface area contributed by atoms with Crippen LogP contribution in [0.25, 0.3) is 11.3 Å². The minimum Gasteiger partial charge on any atom is -0.496 e. The van der Waals surface area contributed by atoms with E-state index in [-0.39, 0.29) is 5.91 Å². The first kappa shape index (κ1) is 16.0. The number of benzene rings is 1. The molecule has 0 saturated carbocycles.